The summed E-state index contributed by atoms with van der Waals surface area (Å²) in [4.78, 5) is 13.1. The van der Waals surface area contributed by atoms with Crippen molar-refractivity contribution in [3.63, 3.8) is 0 Å². The molecule has 0 spiro atoms. The summed E-state index contributed by atoms with van der Waals surface area (Å²) in [5.41, 5.74) is -1.57. The molecule has 0 bridgehead atoms. The average molecular weight is 211 g/mol. The monoisotopic (exact) mass is 210 g/mol. The van der Waals surface area contributed by atoms with Gasteiger partial charge in [0.2, 0.25) is 0 Å². The topological polar surface area (TPSA) is 42.3 Å². The minimum absolute atomic E-state index is 0.344. The second-order valence-corrected chi connectivity index (χ2v) is 2.48. The van der Waals surface area contributed by atoms with E-state index >= 15 is 0 Å². The molecule has 1 aromatic rings. The fraction of sp³-hybridized carbons (Fsp3) is 0.167. The Labute approximate surface area is 75.5 Å². The first-order valence-electron chi connectivity index (χ1n) is 3.01. The summed E-state index contributed by atoms with van der Waals surface area (Å²) < 4.78 is 36.0. The van der Waals surface area contributed by atoms with Crippen LogP contribution in [0.3, 0.4) is 0 Å². The number of aromatic nitrogens is 1. The number of hydrogen-bond acceptors (Lipinski definition) is 3. The molecular formula is C6H2ClF3N2O. The van der Waals surface area contributed by atoms with Crippen molar-refractivity contribution in [3.05, 3.63) is 27.9 Å². The summed E-state index contributed by atoms with van der Waals surface area (Å²) in [6, 6.07) is 0.544. The molecule has 0 aliphatic rings. The third-order valence-corrected chi connectivity index (χ3v) is 1.54. The van der Waals surface area contributed by atoms with E-state index in [2.05, 4.69) is 10.2 Å². The lowest BCUT2D eigenvalue weighted by atomic mass is 10.2. The maximum absolute atomic E-state index is 12.0. The van der Waals surface area contributed by atoms with Gasteiger partial charge in [-0.2, -0.15) is 13.2 Å². The van der Waals surface area contributed by atoms with Crippen LogP contribution in [0.4, 0.5) is 18.9 Å². The van der Waals surface area contributed by atoms with Gasteiger partial charge in [-0.3, -0.25) is 0 Å². The van der Waals surface area contributed by atoms with E-state index in [1.54, 1.807) is 0 Å². The molecule has 0 amide bonds. The van der Waals surface area contributed by atoms with Gasteiger partial charge in [-0.1, -0.05) is 11.6 Å². The second-order valence-electron chi connectivity index (χ2n) is 2.12. The molecule has 3 nitrogen and oxygen atoms in total. The molecule has 7 heteroatoms. The largest absolute Gasteiger partial charge is 0.417 e. The molecule has 0 radical (unpaired) electrons. The molecular weight excluding hydrogens is 209 g/mol. The first kappa shape index (κ1) is 9.91. The molecule has 0 aliphatic carbocycles. The van der Waals surface area contributed by atoms with Crippen molar-refractivity contribution in [1.82, 2.24) is 4.98 Å². The Morgan fingerprint density at radius 2 is 2.08 bits per heavy atom. The lowest BCUT2D eigenvalue weighted by Gasteiger charge is -2.05. The number of nitroso groups, excluding NO2 is 1. The van der Waals surface area contributed by atoms with E-state index in [9.17, 15) is 18.1 Å². The number of hydrogen-bond donors (Lipinski definition) is 0. The van der Waals surface area contributed by atoms with Crippen molar-refractivity contribution in [2.75, 3.05) is 0 Å². The van der Waals surface area contributed by atoms with Crippen LogP contribution in [-0.4, -0.2) is 4.98 Å². The van der Waals surface area contributed by atoms with Crippen molar-refractivity contribution in [3.8, 4) is 0 Å². The van der Waals surface area contributed by atoms with E-state index in [1.807, 2.05) is 0 Å². The van der Waals surface area contributed by atoms with Crippen LogP contribution in [0.25, 0.3) is 0 Å². The zero-order valence-corrected chi connectivity index (χ0v) is 6.73. The standard InChI is InChI=1S/C6H2ClF3N2O/c7-5-4(12-13)1-3(2-11-5)6(8,9)10/h1-2H. The maximum Gasteiger partial charge on any atom is 0.417 e. The first-order valence-corrected chi connectivity index (χ1v) is 3.39. The van der Waals surface area contributed by atoms with Crippen LogP contribution < -0.4 is 0 Å². The number of alkyl halides is 3. The van der Waals surface area contributed by atoms with Crippen LogP contribution in [0.2, 0.25) is 5.15 Å². The van der Waals surface area contributed by atoms with Crippen LogP contribution in [0, 0.1) is 4.91 Å². The Kier molecular flexibility index (Phi) is 2.51. The SMILES string of the molecule is O=Nc1cc(C(F)(F)F)cnc1Cl. The Bertz CT molecular complexity index is 339. The predicted molar refractivity (Wildman–Crippen MR) is 39.7 cm³/mol. The Hall–Kier alpha value is -1.17. The molecule has 0 aromatic carbocycles. The van der Waals surface area contributed by atoms with Gasteiger partial charge < -0.3 is 0 Å². The molecule has 0 N–H and O–H groups in total. The van der Waals surface area contributed by atoms with E-state index in [0.717, 1.165) is 0 Å². The normalized spacial score (nSPS) is 11.4. The lowest BCUT2D eigenvalue weighted by Crippen LogP contribution is -2.04. The summed E-state index contributed by atoms with van der Waals surface area (Å²) in [7, 11) is 0. The Morgan fingerprint density at radius 1 is 1.46 bits per heavy atom. The molecule has 0 saturated heterocycles. The molecule has 0 fully saturated rings. The van der Waals surface area contributed by atoms with Gasteiger partial charge in [0.25, 0.3) is 0 Å². The Balaban J connectivity index is 3.21. The lowest BCUT2D eigenvalue weighted by molar-refractivity contribution is -0.137. The van der Waals surface area contributed by atoms with E-state index in [0.29, 0.717) is 12.3 Å². The van der Waals surface area contributed by atoms with Crippen molar-refractivity contribution < 1.29 is 13.2 Å². The van der Waals surface area contributed by atoms with Gasteiger partial charge in [-0.05, 0) is 11.2 Å². The van der Waals surface area contributed by atoms with Gasteiger partial charge in [-0.25, -0.2) is 4.98 Å². The highest BCUT2D eigenvalue weighted by Gasteiger charge is 2.31. The number of pyridine rings is 1. The number of halogens is 4. The quantitative estimate of drug-likeness (QED) is 0.528. The second kappa shape index (κ2) is 3.29. The van der Waals surface area contributed by atoms with Crippen molar-refractivity contribution in [2.45, 2.75) is 6.18 Å². The average Bonchev–Trinajstić information content (AvgIpc) is 2.03. The molecule has 0 saturated carbocycles. The maximum atomic E-state index is 12.0. The van der Waals surface area contributed by atoms with Crippen LogP contribution in [0.1, 0.15) is 5.56 Å². The van der Waals surface area contributed by atoms with Crippen LogP contribution in [0.15, 0.2) is 17.4 Å². The predicted octanol–water partition coefficient (Wildman–Crippen LogP) is 3.15. The summed E-state index contributed by atoms with van der Waals surface area (Å²) >= 11 is 5.27. The minimum atomic E-state index is -4.54. The third-order valence-electron chi connectivity index (χ3n) is 1.25. The number of rotatable bonds is 1. The summed E-state index contributed by atoms with van der Waals surface area (Å²) in [5.74, 6) is 0. The molecule has 1 rings (SSSR count). The molecule has 0 atom stereocenters. The molecule has 1 aromatic heterocycles. The van der Waals surface area contributed by atoms with Gasteiger partial charge in [-0.15, -0.1) is 4.91 Å². The van der Waals surface area contributed by atoms with E-state index in [1.165, 1.54) is 0 Å². The smallest absolute Gasteiger partial charge is 0.242 e. The summed E-state index contributed by atoms with van der Waals surface area (Å²) in [6.07, 6.45) is -4.01. The van der Waals surface area contributed by atoms with Gasteiger partial charge in [0.05, 0.1) is 5.56 Å². The third kappa shape index (κ3) is 2.15. The van der Waals surface area contributed by atoms with Crippen molar-refractivity contribution in [1.29, 1.82) is 0 Å². The fourth-order valence-electron chi connectivity index (χ4n) is 0.656. The van der Waals surface area contributed by atoms with Gasteiger partial charge in [0, 0.05) is 6.20 Å². The van der Waals surface area contributed by atoms with Crippen LogP contribution >= 0.6 is 11.6 Å². The van der Waals surface area contributed by atoms with Gasteiger partial charge >= 0.3 is 6.18 Å². The van der Waals surface area contributed by atoms with Gasteiger partial charge in [0.15, 0.2) is 5.15 Å². The van der Waals surface area contributed by atoms with E-state index in [-0.39, 0.29) is 5.15 Å². The Morgan fingerprint density at radius 3 is 2.54 bits per heavy atom. The molecule has 1 heterocycles. The van der Waals surface area contributed by atoms with E-state index in [4.69, 9.17) is 11.6 Å². The molecule has 70 valence electrons. The van der Waals surface area contributed by atoms with Gasteiger partial charge in [0.1, 0.15) is 5.69 Å². The van der Waals surface area contributed by atoms with Crippen molar-refractivity contribution >= 4 is 17.3 Å². The minimum Gasteiger partial charge on any atom is -0.242 e. The van der Waals surface area contributed by atoms with Crippen LogP contribution in [0.5, 0.6) is 0 Å². The zero-order valence-electron chi connectivity index (χ0n) is 5.97. The van der Waals surface area contributed by atoms with Crippen LogP contribution in [-0.2, 0) is 6.18 Å². The van der Waals surface area contributed by atoms with Crippen molar-refractivity contribution in [2.24, 2.45) is 5.18 Å². The van der Waals surface area contributed by atoms with E-state index < -0.39 is 17.4 Å². The number of nitrogens with zero attached hydrogens (tertiary/aromatic N) is 2. The summed E-state index contributed by atoms with van der Waals surface area (Å²) in [5, 5.41) is 1.96. The molecule has 0 aliphatic heterocycles. The highest BCUT2D eigenvalue weighted by atomic mass is 35.5. The zero-order chi connectivity index (χ0) is 10.1. The molecule has 0 unspecified atom stereocenters. The fourth-order valence-corrected chi connectivity index (χ4v) is 0.793. The highest BCUT2D eigenvalue weighted by Crippen LogP contribution is 2.33. The first-order chi connectivity index (χ1) is 5.95. The summed E-state index contributed by atoms with van der Waals surface area (Å²) in [6.45, 7) is 0. The highest BCUT2D eigenvalue weighted by molar-refractivity contribution is 6.31. The molecule has 13 heavy (non-hydrogen) atoms.